The Bertz CT molecular complexity index is 175. The van der Waals surface area contributed by atoms with Crippen LogP contribution in [0.1, 0.15) is 25.7 Å². The van der Waals surface area contributed by atoms with Crippen LogP contribution in [0.3, 0.4) is 0 Å². The van der Waals surface area contributed by atoms with Crippen LogP contribution in [-0.2, 0) is 4.79 Å². The molecular weight excluding hydrogens is 152 g/mol. The van der Waals surface area contributed by atoms with Crippen molar-refractivity contribution >= 4 is 5.91 Å². The number of carbonyl (C=O) groups is 1. The molecule has 0 aromatic heterocycles. The van der Waals surface area contributed by atoms with Gasteiger partial charge in [-0.1, -0.05) is 6.42 Å². The molecule has 0 aromatic carbocycles. The second-order valence-electron chi connectivity index (χ2n) is 3.74. The van der Waals surface area contributed by atoms with Crippen molar-refractivity contribution in [3.8, 4) is 0 Å². The highest BCUT2D eigenvalue weighted by Gasteiger charge is 2.26. The summed E-state index contributed by atoms with van der Waals surface area (Å²) in [5.74, 6) is 0.336. The van der Waals surface area contributed by atoms with Gasteiger partial charge in [-0.25, -0.2) is 0 Å². The van der Waals surface area contributed by atoms with E-state index in [9.17, 15) is 4.79 Å². The van der Waals surface area contributed by atoms with E-state index in [-0.39, 0.29) is 0 Å². The van der Waals surface area contributed by atoms with Gasteiger partial charge in [0.05, 0.1) is 0 Å². The van der Waals surface area contributed by atoms with Gasteiger partial charge in [0.15, 0.2) is 0 Å². The summed E-state index contributed by atoms with van der Waals surface area (Å²) < 4.78 is 0. The van der Waals surface area contributed by atoms with Gasteiger partial charge in [-0.05, 0) is 19.4 Å². The second-order valence-corrected chi connectivity index (χ2v) is 3.74. The Morgan fingerprint density at radius 1 is 1.50 bits per heavy atom. The topological polar surface area (TPSA) is 32.3 Å². The van der Waals surface area contributed by atoms with Crippen LogP contribution in [0.25, 0.3) is 0 Å². The highest BCUT2D eigenvalue weighted by atomic mass is 16.2. The largest absolute Gasteiger partial charge is 0.341 e. The Hall–Kier alpha value is -0.570. The molecule has 2 saturated heterocycles. The van der Waals surface area contributed by atoms with E-state index in [1.54, 1.807) is 0 Å². The number of rotatable bonds is 2. The number of amides is 1. The van der Waals surface area contributed by atoms with E-state index < -0.39 is 0 Å². The molecule has 0 aliphatic carbocycles. The number of carbonyl (C=O) groups excluding carboxylic acids is 1. The van der Waals surface area contributed by atoms with Gasteiger partial charge in [0.25, 0.3) is 0 Å². The quantitative estimate of drug-likeness (QED) is 0.604. The van der Waals surface area contributed by atoms with Gasteiger partial charge in [0.1, 0.15) is 0 Å². The van der Waals surface area contributed by atoms with Gasteiger partial charge in [0, 0.05) is 25.6 Å². The molecule has 0 radical (unpaired) electrons. The van der Waals surface area contributed by atoms with Crippen LogP contribution in [-0.4, -0.2) is 36.5 Å². The lowest BCUT2D eigenvalue weighted by molar-refractivity contribution is -0.140. The standard InChI is InChI=1S/C9H16N2O/c12-9-4-6-11(9)7-8-3-1-2-5-10-8/h8,10H,1-7H2. The number of hydrogen-bond donors (Lipinski definition) is 1. The molecule has 1 N–H and O–H groups in total. The third-order valence-corrected chi connectivity index (χ3v) is 2.80. The molecule has 68 valence electrons. The number of β-lactam (4-membered cyclic amide) rings is 1. The van der Waals surface area contributed by atoms with Gasteiger partial charge >= 0.3 is 0 Å². The number of likely N-dealkylation sites (tertiary alicyclic amines) is 1. The minimum atomic E-state index is 0.336. The van der Waals surface area contributed by atoms with Crippen molar-refractivity contribution in [1.82, 2.24) is 10.2 Å². The molecule has 0 bridgehead atoms. The van der Waals surface area contributed by atoms with Crippen LogP contribution in [0.2, 0.25) is 0 Å². The Kier molecular flexibility index (Phi) is 2.30. The monoisotopic (exact) mass is 168 g/mol. The summed E-state index contributed by atoms with van der Waals surface area (Å²) in [4.78, 5) is 13.0. The Morgan fingerprint density at radius 2 is 2.42 bits per heavy atom. The second kappa shape index (κ2) is 3.44. The average Bonchev–Trinajstić information content (AvgIpc) is 2.14. The fourth-order valence-electron chi connectivity index (χ4n) is 1.90. The summed E-state index contributed by atoms with van der Waals surface area (Å²) in [6.45, 7) is 3.06. The maximum Gasteiger partial charge on any atom is 0.224 e. The summed E-state index contributed by atoms with van der Waals surface area (Å²) in [5.41, 5.74) is 0. The lowest BCUT2D eigenvalue weighted by Crippen LogP contribution is -2.51. The van der Waals surface area contributed by atoms with E-state index in [0.717, 1.165) is 26.1 Å². The average molecular weight is 168 g/mol. The molecule has 0 spiro atoms. The molecule has 2 aliphatic heterocycles. The van der Waals surface area contributed by atoms with Crippen LogP contribution >= 0.6 is 0 Å². The molecule has 2 aliphatic rings. The number of piperidine rings is 1. The summed E-state index contributed by atoms with van der Waals surface area (Å²) in [6, 6.07) is 0.572. The van der Waals surface area contributed by atoms with Gasteiger partial charge < -0.3 is 10.2 Å². The first-order chi connectivity index (χ1) is 5.86. The zero-order chi connectivity index (χ0) is 8.39. The summed E-state index contributed by atoms with van der Waals surface area (Å²) in [5, 5.41) is 3.44. The molecule has 3 heteroatoms. The molecular formula is C9H16N2O. The predicted molar refractivity (Wildman–Crippen MR) is 46.8 cm³/mol. The molecule has 1 amide bonds. The molecule has 1 unspecified atom stereocenters. The lowest BCUT2D eigenvalue weighted by atomic mass is 10.0. The maximum absolute atomic E-state index is 11.0. The molecule has 2 heterocycles. The number of hydrogen-bond acceptors (Lipinski definition) is 2. The van der Waals surface area contributed by atoms with Crippen LogP contribution in [0.5, 0.6) is 0 Å². The summed E-state index contributed by atoms with van der Waals surface area (Å²) >= 11 is 0. The van der Waals surface area contributed by atoms with Gasteiger partial charge in [0.2, 0.25) is 5.91 Å². The van der Waals surface area contributed by atoms with E-state index in [4.69, 9.17) is 0 Å². The first-order valence-electron chi connectivity index (χ1n) is 4.87. The Morgan fingerprint density at radius 3 is 2.92 bits per heavy atom. The van der Waals surface area contributed by atoms with Crippen LogP contribution in [0.4, 0.5) is 0 Å². The van der Waals surface area contributed by atoms with Crippen LogP contribution in [0.15, 0.2) is 0 Å². The molecule has 3 nitrogen and oxygen atoms in total. The van der Waals surface area contributed by atoms with E-state index >= 15 is 0 Å². The highest BCUT2D eigenvalue weighted by Crippen LogP contribution is 2.13. The fourth-order valence-corrected chi connectivity index (χ4v) is 1.90. The Labute approximate surface area is 73.1 Å². The van der Waals surface area contributed by atoms with Gasteiger partial charge in [-0.2, -0.15) is 0 Å². The van der Waals surface area contributed by atoms with E-state index in [1.165, 1.54) is 19.3 Å². The zero-order valence-electron chi connectivity index (χ0n) is 7.38. The first-order valence-corrected chi connectivity index (χ1v) is 4.87. The Balaban J connectivity index is 1.74. The van der Waals surface area contributed by atoms with Crippen molar-refractivity contribution < 1.29 is 4.79 Å². The van der Waals surface area contributed by atoms with Gasteiger partial charge in [-0.3, -0.25) is 4.79 Å². The number of nitrogens with one attached hydrogen (secondary N) is 1. The third kappa shape index (κ3) is 1.61. The molecule has 0 aromatic rings. The fraction of sp³-hybridized carbons (Fsp3) is 0.889. The van der Waals surface area contributed by atoms with E-state index in [1.807, 2.05) is 4.90 Å². The van der Waals surface area contributed by atoms with Crippen LogP contribution in [0, 0.1) is 0 Å². The number of nitrogens with zero attached hydrogens (tertiary/aromatic N) is 1. The highest BCUT2D eigenvalue weighted by molar-refractivity contribution is 5.81. The SMILES string of the molecule is O=C1CCN1CC1CCCCN1. The van der Waals surface area contributed by atoms with Crippen LogP contribution < -0.4 is 5.32 Å². The summed E-state index contributed by atoms with van der Waals surface area (Å²) in [6.07, 6.45) is 4.63. The molecule has 1 atom stereocenters. The minimum absolute atomic E-state index is 0.336. The predicted octanol–water partition coefficient (Wildman–Crippen LogP) is 0.361. The van der Waals surface area contributed by atoms with Crippen molar-refractivity contribution in [3.05, 3.63) is 0 Å². The van der Waals surface area contributed by atoms with Crippen molar-refractivity contribution in [2.75, 3.05) is 19.6 Å². The third-order valence-electron chi connectivity index (χ3n) is 2.80. The maximum atomic E-state index is 11.0. The zero-order valence-corrected chi connectivity index (χ0v) is 7.38. The van der Waals surface area contributed by atoms with E-state index in [2.05, 4.69) is 5.32 Å². The molecule has 2 rings (SSSR count). The lowest BCUT2D eigenvalue weighted by Gasteiger charge is -2.35. The van der Waals surface area contributed by atoms with Crippen molar-refractivity contribution in [1.29, 1.82) is 0 Å². The van der Waals surface area contributed by atoms with Crippen molar-refractivity contribution in [2.45, 2.75) is 31.7 Å². The van der Waals surface area contributed by atoms with Crippen molar-refractivity contribution in [2.24, 2.45) is 0 Å². The minimum Gasteiger partial charge on any atom is -0.341 e. The van der Waals surface area contributed by atoms with E-state index in [0.29, 0.717) is 11.9 Å². The van der Waals surface area contributed by atoms with Gasteiger partial charge in [-0.15, -0.1) is 0 Å². The molecule has 2 fully saturated rings. The molecule has 0 saturated carbocycles. The summed E-state index contributed by atoms with van der Waals surface area (Å²) in [7, 11) is 0. The molecule has 12 heavy (non-hydrogen) atoms. The van der Waals surface area contributed by atoms with Crippen molar-refractivity contribution in [3.63, 3.8) is 0 Å². The normalized spacial score (nSPS) is 30.2. The smallest absolute Gasteiger partial charge is 0.224 e. The first kappa shape index (κ1) is 8.05.